The Labute approximate surface area is 134 Å². The molecule has 114 valence electrons. The molecule has 0 spiro atoms. The van der Waals surface area contributed by atoms with Gasteiger partial charge in [-0.1, -0.05) is 35.5 Å². The highest BCUT2D eigenvalue weighted by atomic mass is 32.2. The molecule has 1 N–H and O–H groups in total. The minimum absolute atomic E-state index is 0.0116. The van der Waals surface area contributed by atoms with Gasteiger partial charge >= 0.3 is 0 Å². The molecule has 3 rings (SSSR count). The lowest BCUT2D eigenvalue weighted by Gasteiger charge is -2.01. The Kier molecular flexibility index (Phi) is 4.77. The van der Waals surface area contributed by atoms with E-state index in [2.05, 4.69) is 10.1 Å². The average Bonchev–Trinajstić information content (AvgIpc) is 3.19. The van der Waals surface area contributed by atoms with Crippen molar-refractivity contribution >= 4 is 22.1 Å². The van der Waals surface area contributed by atoms with Crippen LogP contribution in [-0.4, -0.2) is 19.5 Å². The van der Waals surface area contributed by atoms with Gasteiger partial charge in [-0.25, -0.2) is 0 Å². The number of nitrogens with zero attached hydrogens (tertiary/aromatic N) is 2. The maximum Gasteiger partial charge on any atom is 0.268 e. The number of hydrogen-bond donors (Lipinski definition) is 1. The highest BCUT2D eigenvalue weighted by Crippen LogP contribution is 2.22. The predicted octanol–water partition coefficient (Wildman–Crippen LogP) is 2.74. The van der Waals surface area contributed by atoms with Gasteiger partial charge in [-0.15, -0.1) is 11.3 Å². The quantitative estimate of drug-likeness (QED) is 0.750. The molecule has 0 aliphatic carbocycles. The lowest BCUT2D eigenvalue weighted by atomic mass is 10.2. The van der Waals surface area contributed by atoms with E-state index < -0.39 is 10.8 Å². The monoisotopic (exact) mass is 334 g/mol. The van der Waals surface area contributed by atoms with Crippen molar-refractivity contribution < 1.29 is 13.8 Å². The third-order valence-electron chi connectivity index (χ3n) is 3.02. The Morgan fingerprint density at radius 2 is 1.91 bits per heavy atom. The molecule has 5 nitrogen and oxygen atoms in total. The fourth-order valence-electron chi connectivity index (χ4n) is 1.93. The summed E-state index contributed by atoms with van der Waals surface area (Å²) >= 11 is 1.52. The summed E-state index contributed by atoms with van der Waals surface area (Å²) in [5, 5.41) is 14.8. The Bertz CT molecular complexity index is 751. The van der Waals surface area contributed by atoms with Gasteiger partial charge in [0.15, 0.2) is 5.82 Å². The molecule has 0 aliphatic heterocycles. The van der Waals surface area contributed by atoms with E-state index in [1.807, 2.05) is 41.8 Å². The van der Waals surface area contributed by atoms with Crippen molar-refractivity contribution in [3.8, 4) is 10.8 Å². The fraction of sp³-hybridized carbons (Fsp3) is 0.200. The molecule has 0 saturated carbocycles. The Morgan fingerprint density at radius 1 is 1.14 bits per heavy atom. The number of thiophene rings is 1. The lowest BCUT2D eigenvalue weighted by Crippen LogP contribution is -2.01. The summed E-state index contributed by atoms with van der Waals surface area (Å²) in [4.78, 5) is 5.17. The average molecular weight is 334 g/mol. The minimum Gasteiger partial charge on any atom is -0.392 e. The van der Waals surface area contributed by atoms with E-state index >= 15 is 0 Å². The topological polar surface area (TPSA) is 76.2 Å². The summed E-state index contributed by atoms with van der Waals surface area (Å²) in [6.45, 7) is 0.0116. The van der Waals surface area contributed by atoms with Crippen molar-refractivity contribution in [2.75, 3.05) is 0 Å². The van der Waals surface area contributed by atoms with E-state index in [1.165, 1.54) is 11.3 Å². The first kappa shape index (κ1) is 15.1. The zero-order chi connectivity index (χ0) is 15.4. The molecule has 0 aliphatic rings. The number of aliphatic hydroxyl groups excluding tert-OH is 1. The van der Waals surface area contributed by atoms with Crippen molar-refractivity contribution in [1.82, 2.24) is 10.1 Å². The summed E-state index contributed by atoms with van der Waals surface area (Å²) in [5.74, 6) is 1.61. The van der Waals surface area contributed by atoms with Crippen LogP contribution in [0.25, 0.3) is 10.8 Å². The lowest BCUT2D eigenvalue weighted by molar-refractivity contribution is 0.282. The Morgan fingerprint density at radius 3 is 2.59 bits per heavy atom. The van der Waals surface area contributed by atoms with Crippen molar-refractivity contribution in [2.45, 2.75) is 18.1 Å². The van der Waals surface area contributed by atoms with E-state index in [-0.39, 0.29) is 12.4 Å². The predicted molar refractivity (Wildman–Crippen MR) is 85.5 cm³/mol. The molecular formula is C15H14N2O3S2. The van der Waals surface area contributed by atoms with Crippen LogP contribution in [0.1, 0.15) is 17.0 Å². The van der Waals surface area contributed by atoms with Crippen LogP contribution in [0.5, 0.6) is 0 Å². The Balaban J connectivity index is 1.61. The van der Waals surface area contributed by atoms with Gasteiger partial charge in [0.2, 0.25) is 0 Å². The smallest absolute Gasteiger partial charge is 0.268 e. The van der Waals surface area contributed by atoms with E-state index in [4.69, 9.17) is 9.63 Å². The number of benzene rings is 1. The van der Waals surface area contributed by atoms with E-state index in [9.17, 15) is 4.21 Å². The van der Waals surface area contributed by atoms with Crippen molar-refractivity contribution in [1.29, 1.82) is 0 Å². The summed E-state index contributed by atoms with van der Waals surface area (Å²) < 4.78 is 17.4. The van der Waals surface area contributed by atoms with Crippen LogP contribution in [0.4, 0.5) is 0 Å². The van der Waals surface area contributed by atoms with Crippen LogP contribution in [0.2, 0.25) is 0 Å². The third kappa shape index (κ3) is 3.68. The molecule has 1 atom stereocenters. The second-order valence-electron chi connectivity index (χ2n) is 4.70. The second kappa shape index (κ2) is 6.95. The third-order valence-corrected chi connectivity index (χ3v) is 5.12. The summed E-state index contributed by atoms with van der Waals surface area (Å²) in [6.07, 6.45) is 0. The van der Waals surface area contributed by atoms with Crippen molar-refractivity contribution in [3.05, 3.63) is 58.7 Å². The van der Waals surface area contributed by atoms with Crippen molar-refractivity contribution in [2.24, 2.45) is 0 Å². The largest absolute Gasteiger partial charge is 0.392 e. The molecule has 0 amide bonds. The van der Waals surface area contributed by atoms with Gasteiger partial charge in [-0.05, 0) is 22.6 Å². The number of rotatable bonds is 6. The minimum atomic E-state index is -1.11. The highest BCUT2D eigenvalue weighted by molar-refractivity contribution is 7.83. The van der Waals surface area contributed by atoms with Crippen LogP contribution in [-0.2, 0) is 28.9 Å². The molecule has 0 radical (unpaired) electrons. The van der Waals surface area contributed by atoms with E-state index in [0.717, 1.165) is 16.0 Å². The zero-order valence-electron chi connectivity index (χ0n) is 11.6. The van der Waals surface area contributed by atoms with Gasteiger partial charge < -0.3 is 9.63 Å². The first-order valence-corrected chi connectivity index (χ1v) is 9.01. The maximum atomic E-state index is 12.2. The standard InChI is InChI=1S/C15H14N2O3S2/c18-8-11-3-5-12(6-4-11)9-22(19)10-14-16-15(20-17-14)13-2-1-7-21-13/h1-7,18H,8-10H2. The second-order valence-corrected chi connectivity index (χ2v) is 7.10. The van der Waals surface area contributed by atoms with Crippen LogP contribution in [0.15, 0.2) is 46.3 Å². The number of aliphatic hydroxyl groups is 1. The van der Waals surface area contributed by atoms with Gasteiger partial charge in [-0.3, -0.25) is 4.21 Å². The van der Waals surface area contributed by atoms with Crippen LogP contribution < -0.4 is 0 Å². The van der Waals surface area contributed by atoms with Gasteiger partial charge in [0.05, 0.1) is 17.2 Å². The molecule has 0 saturated heterocycles. The van der Waals surface area contributed by atoms with Gasteiger partial charge in [0.25, 0.3) is 5.89 Å². The van der Waals surface area contributed by atoms with E-state index in [1.54, 1.807) is 0 Å². The number of aromatic nitrogens is 2. The molecule has 1 aromatic carbocycles. The molecule has 2 heterocycles. The molecule has 7 heteroatoms. The number of hydrogen-bond acceptors (Lipinski definition) is 6. The molecule has 0 fully saturated rings. The van der Waals surface area contributed by atoms with Crippen LogP contribution >= 0.6 is 11.3 Å². The first-order chi connectivity index (χ1) is 10.7. The Hall–Kier alpha value is -1.83. The molecular weight excluding hydrogens is 320 g/mol. The van der Waals surface area contributed by atoms with Gasteiger partial charge in [-0.2, -0.15) is 4.98 Å². The molecule has 0 bridgehead atoms. The zero-order valence-corrected chi connectivity index (χ0v) is 13.3. The van der Waals surface area contributed by atoms with Crippen LogP contribution in [0.3, 0.4) is 0 Å². The summed E-state index contributed by atoms with van der Waals surface area (Å²) in [5.41, 5.74) is 1.80. The van der Waals surface area contributed by atoms with E-state index in [0.29, 0.717) is 17.5 Å². The summed E-state index contributed by atoms with van der Waals surface area (Å²) in [6, 6.07) is 11.2. The molecule has 1 unspecified atom stereocenters. The maximum absolute atomic E-state index is 12.2. The fourth-order valence-corrected chi connectivity index (χ4v) is 3.65. The first-order valence-electron chi connectivity index (χ1n) is 6.64. The summed E-state index contributed by atoms with van der Waals surface area (Å²) in [7, 11) is -1.11. The molecule has 3 aromatic rings. The van der Waals surface area contributed by atoms with Crippen LogP contribution in [0, 0.1) is 0 Å². The van der Waals surface area contributed by atoms with Gasteiger partial charge in [0, 0.05) is 16.6 Å². The molecule has 22 heavy (non-hydrogen) atoms. The highest BCUT2D eigenvalue weighted by Gasteiger charge is 2.12. The molecule has 2 aromatic heterocycles. The van der Waals surface area contributed by atoms with Gasteiger partial charge in [0.1, 0.15) is 0 Å². The normalized spacial score (nSPS) is 12.4. The SMILES string of the molecule is O=S(Cc1ccc(CO)cc1)Cc1noc(-c2cccs2)n1. The van der Waals surface area contributed by atoms with Crippen molar-refractivity contribution in [3.63, 3.8) is 0 Å².